The molecule has 0 bridgehead atoms. The van der Waals surface area contributed by atoms with Crippen LogP contribution in [0, 0.1) is 0 Å². The van der Waals surface area contributed by atoms with Crippen LogP contribution in [0.1, 0.15) is 77.6 Å². The Labute approximate surface area is 152 Å². The van der Waals surface area contributed by atoms with Gasteiger partial charge in [0.1, 0.15) is 0 Å². The summed E-state index contributed by atoms with van der Waals surface area (Å²) in [5.74, 6) is -0.245. The van der Waals surface area contributed by atoms with Crippen LogP contribution in [0.5, 0.6) is 0 Å². The molecule has 4 nitrogen and oxygen atoms in total. The summed E-state index contributed by atoms with van der Waals surface area (Å²) < 4.78 is 4.50. The predicted molar refractivity (Wildman–Crippen MR) is 88.6 cm³/mol. The van der Waals surface area contributed by atoms with Gasteiger partial charge in [0, 0.05) is 13.0 Å². The van der Waals surface area contributed by atoms with Crippen LogP contribution in [0.3, 0.4) is 0 Å². The molecule has 0 saturated heterocycles. The molecule has 0 aromatic heterocycles. The molecule has 0 saturated carbocycles. The van der Waals surface area contributed by atoms with Gasteiger partial charge in [-0.1, -0.05) is 58.3 Å². The Hall–Kier alpha value is -0.0600. The van der Waals surface area contributed by atoms with Gasteiger partial charge in [-0.15, -0.1) is 0 Å². The van der Waals surface area contributed by atoms with E-state index in [1.54, 1.807) is 0 Å². The number of carbonyl (C=O) groups excluding carboxylic acids is 2. The second-order valence-corrected chi connectivity index (χ2v) is 5.25. The van der Waals surface area contributed by atoms with Gasteiger partial charge in [0.2, 0.25) is 5.91 Å². The molecule has 1 amide bonds. The summed E-state index contributed by atoms with van der Waals surface area (Å²) in [6, 6.07) is 0. The van der Waals surface area contributed by atoms with Gasteiger partial charge in [0.05, 0.1) is 13.5 Å². The van der Waals surface area contributed by atoms with Crippen LogP contribution in [0.15, 0.2) is 0 Å². The van der Waals surface area contributed by atoms with Gasteiger partial charge in [0.15, 0.2) is 0 Å². The summed E-state index contributed by atoms with van der Waals surface area (Å²) >= 11 is 0. The van der Waals surface area contributed by atoms with Gasteiger partial charge >= 0.3 is 35.5 Å². The van der Waals surface area contributed by atoms with E-state index >= 15 is 0 Å². The molecule has 0 aliphatic heterocycles. The van der Waals surface area contributed by atoms with Crippen molar-refractivity contribution in [2.45, 2.75) is 77.6 Å². The van der Waals surface area contributed by atoms with Crippen LogP contribution in [0.2, 0.25) is 0 Å². The average molecular weight is 309 g/mol. The second kappa shape index (κ2) is 18.0. The molecule has 21 heavy (non-hydrogen) atoms. The molecule has 0 aliphatic carbocycles. The maximum absolute atomic E-state index is 11.5. The molecule has 0 radical (unpaired) electrons. The molecule has 1 N–H and O–H groups in total. The fourth-order valence-corrected chi connectivity index (χ4v) is 2.09. The van der Waals surface area contributed by atoms with Crippen molar-refractivity contribution in [3.05, 3.63) is 0 Å². The van der Waals surface area contributed by atoms with Crippen LogP contribution in [0.4, 0.5) is 0 Å². The van der Waals surface area contributed by atoms with E-state index in [0.717, 1.165) is 12.8 Å². The van der Waals surface area contributed by atoms with Gasteiger partial charge < -0.3 is 10.1 Å². The summed E-state index contributed by atoms with van der Waals surface area (Å²) in [6.07, 6.45) is 12.1. The fourth-order valence-electron chi connectivity index (χ4n) is 2.09. The average Bonchev–Trinajstić information content (AvgIpc) is 2.45. The Bertz CT molecular complexity index is 260. The summed E-state index contributed by atoms with van der Waals surface area (Å²) in [5, 5.41) is 2.73. The normalized spacial score (nSPS) is 9.81. The van der Waals surface area contributed by atoms with Crippen molar-refractivity contribution in [1.82, 2.24) is 5.32 Å². The number of unbranched alkanes of at least 4 members (excludes halogenated alkanes) is 8. The molecule has 0 atom stereocenters. The SMILES string of the molecule is CCCCCCCCCCCC(=O)NCCC(=O)OC.[NaH]. The minimum absolute atomic E-state index is 0. The van der Waals surface area contributed by atoms with Gasteiger partial charge in [-0.25, -0.2) is 0 Å². The van der Waals surface area contributed by atoms with E-state index in [9.17, 15) is 9.59 Å². The number of hydrogen-bond acceptors (Lipinski definition) is 3. The monoisotopic (exact) mass is 309 g/mol. The molecular weight excluding hydrogens is 277 g/mol. The van der Waals surface area contributed by atoms with Crippen LogP contribution < -0.4 is 5.32 Å². The molecule has 0 unspecified atom stereocenters. The maximum atomic E-state index is 11.5. The van der Waals surface area contributed by atoms with E-state index in [4.69, 9.17) is 0 Å². The number of hydrogen-bond donors (Lipinski definition) is 1. The van der Waals surface area contributed by atoms with E-state index in [2.05, 4.69) is 17.0 Å². The first kappa shape index (κ1) is 23.2. The molecule has 0 heterocycles. The van der Waals surface area contributed by atoms with Crippen molar-refractivity contribution in [2.75, 3.05) is 13.7 Å². The Morgan fingerprint density at radius 1 is 0.857 bits per heavy atom. The second-order valence-electron chi connectivity index (χ2n) is 5.25. The van der Waals surface area contributed by atoms with Crippen molar-refractivity contribution in [3.8, 4) is 0 Å². The van der Waals surface area contributed by atoms with E-state index in [1.807, 2.05) is 0 Å². The molecule has 5 heteroatoms. The number of amides is 1. The van der Waals surface area contributed by atoms with E-state index < -0.39 is 0 Å². The minimum atomic E-state index is -0.284. The summed E-state index contributed by atoms with van der Waals surface area (Å²) in [4.78, 5) is 22.3. The number of methoxy groups -OCH3 is 1. The quantitative estimate of drug-likeness (QED) is 0.323. The molecule has 0 fully saturated rings. The van der Waals surface area contributed by atoms with Crippen LogP contribution in [0.25, 0.3) is 0 Å². The molecule has 0 rings (SSSR count). The van der Waals surface area contributed by atoms with Gasteiger partial charge in [-0.2, -0.15) is 0 Å². The van der Waals surface area contributed by atoms with Crippen molar-refractivity contribution >= 4 is 41.4 Å². The zero-order chi connectivity index (χ0) is 15.1. The van der Waals surface area contributed by atoms with Crippen LogP contribution in [-0.2, 0) is 14.3 Å². The first-order valence-corrected chi connectivity index (χ1v) is 8.04. The molecule has 0 aromatic rings. The van der Waals surface area contributed by atoms with Gasteiger partial charge in [0.25, 0.3) is 0 Å². The number of rotatable bonds is 13. The number of ether oxygens (including phenoxy) is 1. The Morgan fingerprint density at radius 2 is 1.38 bits per heavy atom. The molecule has 0 aliphatic rings. The Kier molecular flexibility index (Phi) is 19.9. The third-order valence-electron chi connectivity index (χ3n) is 3.39. The van der Waals surface area contributed by atoms with Crippen molar-refractivity contribution in [3.63, 3.8) is 0 Å². The topological polar surface area (TPSA) is 55.4 Å². The van der Waals surface area contributed by atoms with Gasteiger partial charge in [-0.05, 0) is 6.42 Å². The number of esters is 1. The summed E-state index contributed by atoms with van der Waals surface area (Å²) in [5.41, 5.74) is 0. The van der Waals surface area contributed by atoms with E-state index in [-0.39, 0.29) is 47.9 Å². The fraction of sp³-hybridized carbons (Fsp3) is 0.875. The molecule has 0 spiro atoms. The first-order valence-electron chi connectivity index (χ1n) is 8.04. The van der Waals surface area contributed by atoms with Crippen molar-refractivity contribution in [1.29, 1.82) is 0 Å². The zero-order valence-electron chi connectivity index (χ0n) is 13.2. The summed E-state index contributed by atoms with van der Waals surface area (Å²) in [6.45, 7) is 2.61. The molecule has 0 aromatic carbocycles. The number of nitrogens with one attached hydrogen (secondary N) is 1. The van der Waals surface area contributed by atoms with Crippen LogP contribution >= 0.6 is 0 Å². The third-order valence-corrected chi connectivity index (χ3v) is 3.39. The molecule has 120 valence electrons. The summed E-state index contributed by atoms with van der Waals surface area (Å²) in [7, 11) is 1.35. The predicted octanol–water partition coefficient (Wildman–Crippen LogP) is 2.94. The zero-order valence-corrected chi connectivity index (χ0v) is 13.2. The van der Waals surface area contributed by atoms with E-state index in [0.29, 0.717) is 13.0 Å². The standard InChI is InChI=1S/C16H31NO3.Na.H/c1-3-4-5-6-7-8-9-10-11-12-15(18)17-14-13-16(19)20-2;;/h3-14H2,1-2H3,(H,17,18);;. The first-order chi connectivity index (χ1) is 9.70. The third kappa shape index (κ3) is 17.9. The Morgan fingerprint density at radius 3 is 1.90 bits per heavy atom. The van der Waals surface area contributed by atoms with Crippen molar-refractivity contribution in [2.24, 2.45) is 0 Å². The van der Waals surface area contributed by atoms with Crippen molar-refractivity contribution < 1.29 is 14.3 Å². The molecular formula is C16H32NNaO3. The van der Waals surface area contributed by atoms with Crippen LogP contribution in [-0.4, -0.2) is 55.1 Å². The Balaban J connectivity index is 0. The number of carbonyl (C=O) groups is 2. The van der Waals surface area contributed by atoms with Gasteiger partial charge in [-0.3, -0.25) is 9.59 Å². The van der Waals surface area contributed by atoms with E-state index in [1.165, 1.54) is 52.1 Å².